The molecule has 0 radical (unpaired) electrons. The van der Waals surface area contributed by atoms with E-state index in [0.717, 1.165) is 17.7 Å². The number of rotatable bonds is 7. The first-order chi connectivity index (χ1) is 12.6. The Labute approximate surface area is 161 Å². The number of hydrogen-bond acceptors (Lipinski definition) is 4. The molecule has 0 saturated carbocycles. The summed E-state index contributed by atoms with van der Waals surface area (Å²) in [7, 11) is -1.80. The average molecular weight is 390 g/mol. The molecule has 146 valence electrons. The largest absolute Gasteiger partial charge is 0.348 e. The Balaban J connectivity index is 2.17. The van der Waals surface area contributed by atoms with Crippen LogP contribution in [-0.2, 0) is 23.1 Å². The second-order valence-corrected chi connectivity index (χ2v) is 8.54. The molecule has 0 aromatic heterocycles. The smallest absolute Gasteiger partial charge is 0.251 e. The average Bonchev–Trinajstić information content (AvgIpc) is 2.60. The van der Waals surface area contributed by atoms with Crippen LogP contribution in [0.4, 0.5) is 0 Å². The Morgan fingerprint density at radius 3 is 2.37 bits per heavy atom. The molecule has 7 heteroatoms. The summed E-state index contributed by atoms with van der Waals surface area (Å²) in [4.78, 5) is 14.8. The van der Waals surface area contributed by atoms with Crippen LogP contribution in [0, 0.1) is 6.92 Å². The molecule has 2 aromatic carbocycles. The summed E-state index contributed by atoms with van der Waals surface area (Å²) in [5.74, 6) is -0.329. The molecule has 2 rings (SSSR count). The van der Waals surface area contributed by atoms with Gasteiger partial charge in [-0.1, -0.05) is 30.3 Å². The molecule has 2 aromatic rings. The number of amides is 1. The van der Waals surface area contributed by atoms with Gasteiger partial charge >= 0.3 is 0 Å². The minimum Gasteiger partial charge on any atom is -0.348 e. The van der Waals surface area contributed by atoms with Crippen LogP contribution in [-0.4, -0.2) is 32.3 Å². The molecule has 0 unspecified atom stereocenters. The molecule has 6 nitrogen and oxygen atoms in total. The summed E-state index contributed by atoms with van der Waals surface area (Å²) in [5, 5.41) is 8.05. The fourth-order valence-corrected chi connectivity index (χ4v) is 3.17. The molecule has 0 heterocycles. The van der Waals surface area contributed by atoms with E-state index >= 15 is 0 Å². The highest BCUT2D eigenvalue weighted by Crippen LogP contribution is 2.16. The molecule has 0 bridgehead atoms. The van der Waals surface area contributed by atoms with Crippen molar-refractivity contribution in [3.63, 3.8) is 0 Å². The molecule has 0 fully saturated rings. The Bertz CT molecular complexity index is 924. The number of benzene rings is 2. The minimum absolute atomic E-state index is 0.0720. The fraction of sp³-hybridized carbons (Fsp3) is 0.350. The van der Waals surface area contributed by atoms with Gasteiger partial charge in [0, 0.05) is 24.7 Å². The first-order valence-electron chi connectivity index (χ1n) is 8.78. The third-order valence-corrected chi connectivity index (χ3v) is 5.55. The van der Waals surface area contributed by atoms with Crippen LogP contribution in [0.2, 0.25) is 0 Å². The highest BCUT2D eigenvalue weighted by Gasteiger charge is 2.15. The van der Waals surface area contributed by atoms with Gasteiger partial charge in [0.15, 0.2) is 0 Å². The standard InChI is InChI=1S/C20H27N3O3S/c1-14(2)23(4)13-17-8-6-5-7-16(17)12-22-20(24)19-11-18(27(21,25)26)10-9-15(19)3/h5-11,14H,12-13H2,1-4H3,(H,22,24)(H2,21,25,26). The van der Waals surface area contributed by atoms with Gasteiger partial charge < -0.3 is 5.32 Å². The van der Waals surface area contributed by atoms with Crippen molar-refractivity contribution < 1.29 is 13.2 Å². The molecular formula is C20H27N3O3S. The lowest BCUT2D eigenvalue weighted by Gasteiger charge is -2.22. The second-order valence-electron chi connectivity index (χ2n) is 6.98. The number of sulfonamides is 1. The third kappa shape index (κ3) is 5.63. The Morgan fingerprint density at radius 2 is 1.78 bits per heavy atom. The maximum atomic E-state index is 12.6. The Morgan fingerprint density at radius 1 is 1.15 bits per heavy atom. The number of carbonyl (C=O) groups excluding carboxylic acids is 1. The molecule has 3 N–H and O–H groups in total. The predicted molar refractivity (Wildman–Crippen MR) is 107 cm³/mol. The first-order valence-corrected chi connectivity index (χ1v) is 10.3. The summed E-state index contributed by atoms with van der Waals surface area (Å²) >= 11 is 0. The SMILES string of the molecule is Cc1ccc(S(N)(=O)=O)cc1C(=O)NCc1ccccc1CN(C)C(C)C. The van der Waals surface area contributed by atoms with E-state index in [-0.39, 0.29) is 10.8 Å². The lowest BCUT2D eigenvalue weighted by Crippen LogP contribution is -2.28. The molecule has 0 spiro atoms. The topological polar surface area (TPSA) is 92.5 Å². The molecule has 1 amide bonds. The highest BCUT2D eigenvalue weighted by molar-refractivity contribution is 7.89. The van der Waals surface area contributed by atoms with Gasteiger partial charge in [-0.2, -0.15) is 0 Å². The molecule has 0 aliphatic heterocycles. The van der Waals surface area contributed by atoms with Gasteiger partial charge in [0.05, 0.1) is 4.90 Å². The summed E-state index contributed by atoms with van der Waals surface area (Å²) < 4.78 is 23.1. The van der Waals surface area contributed by atoms with E-state index in [1.165, 1.54) is 12.1 Å². The zero-order chi connectivity index (χ0) is 20.2. The van der Waals surface area contributed by atoms with Crippen molar-refractivity contribution in [1.29, 1.82) is 0 Å². The molecule has 0 saturated heterocycles. The summed E-state index contributed by atoms with van der Waals surface area (Å²) in [5.41, 5.74) is 3.16. The molecular weight excluding hydrogens is 362 g/mol. The predicted octanol–water partition coefficient (Wildman–Crippen LogP) is 2.41. The molecule has 27 heavy (non-hydrogen) atoms. The van der Waals surface area contributed by atoms with Crippen LogP contribution in [0.3, 0.4) is 0 Å². The summed E-state index contributed by atoms with van der Waals surface area (Å²) in [6.45, 7) is 7.16. The van der Waals surface area contributed by atoms with Crippen LogP contribution in [0.5, 0.6) is 0 Å². The van der Waals surface area contributed by atoms with Gasteiger partial charge in [-0.15, -0.1) is 0 Å². The summed E-state index contributed by atoms with van der Waals surface area (Å²) in [6.07, 6.45) is 0. The van der Waals surface area contributed by atoms with Crippen molar-refractivity contribution in [3.05, 3.63) is 64.7 Å². The monoisotopic (exact) mass is 389 g/mol. The van der Waals surface area contributed by atoms with Crippen LogP contribution >= 0.6 is 0 Å². The number of primary sulfonamides is 1. The first kappa shape index (κ1) is 21.1. The van der Waals surface area contributed by atoms with Gasteiger partial charge in [-0.05, 0) is 56.6 Å². The lowest BCUT2D eigenvalue weighted by molar-refractivity contribution is 0.0950. The van der Waals surface area contributed by atoms with Crippen LogP contribution in [0.15, 0.2) is 47.4 Å². The van der Waals surface area contributed by atoms with E-state index in [4.69, 9.17) is 5.14 Å². The normalized spacial score (nSPS) is 11.8. The number of carbonyl (C=O) groups is 1. The second kappa shape index (κ2) is 8.65. The van der Waals surface area contributed by atoms with E-state index in [1.54, 1.807) is 13.0 Å². The van der Waals surface area contributed by atoms with Crippen LogP contribution < -0.4 is 10.5 Å². The number of nitrogens with two attached hydrogens (primary N) is 1. The zero-order valence-electron chi connectivity index (χ0n) is 16.2. The van der Waals surface area contributed by atoms with E-state index in [0.29, 0.717) is 23.7 Å². The van der Waals surface area contributed by atoms with Gasteiger partial charge in [-0.3, -0.25) is 9.69 Å². The zero-order valence-corrected chi connectivity index (χ0v) is 17.0. The molecule has 0 atom stereocenters. The van der Waals surface area contributed by atoms with Crippen molar-refractivity contribution >= 4 is 15.9 Å². The third-order valence-electron chi connectivity index (χ3n) is 4.64. The van der Waals surface area contributed by atoms with Crippen molar-refractivity contribution in [1.82, 2.24) is 10.2 Å². The summed E-state index contributed by atoms with van der Waals surface area (Å²) in [6, 6.07) is 12.7. The van der Waals surface area contributed by atoms with Gasteiger partial charge in [0.2, 0.25) is 10.0 Å². The number of aryl methyl sites for hydroxylation is 1. The number of hydrogen-bond donors (Lipinski definition) is 2. The molecule has 0 aliphatic rings. The number of nitrogens with one attached hydrogen (secondary N) is 1. The highest BCUT2D eigenvalue weighted by atomic mass is 32.2. The van der Waals surface area contributed by atoms with Gasteiger partial charge in [0.1, 0.15) is 0 Å². The Hall–Kier alpha value is -2.22. The fourth-order valence-electron chi connectivity index (χ4n) is 2.63. The van der Waals surface area contributed by atoms with E-state index in [1.807, 2.05) is 24.3 Å². The lowest BCUT2D eigenvalue weighted by atomic mass is 10.1. The van der Waals surface area contributed by atoms with Crippen molar-refractivity contribution in [2.24, 2.45) is 5.14 Å². The van der Waals surface area contributed by atoms with Gasteiger partial charge in [0.25, 0.3) is 5.91 Å². The maximum Gasteiger partial charge on any atom is 0.251 e. The van der Waals surface area contributed by atoms with Crippen molar-refractivity contribution in [2.45, 2.75) is 44.8 Å². The van der Waals surface area contributed by atoms with Crippen LogP contribution in [0.1, 0.15) is 40.9 Å². The molecule has 0 aliphatic carbocycles. The number of nitrogens with zero attached hydrogens (tertiary/aromatic N) is 1. The maximum absolute atomic E-state index is 12.6. The minimum atomic E-state index is -3.86. The van der Waals surface area contributed by atoms with Gasteiger partial charge in [-0.25, -0.2) is 13.6 Å². The van der Waals surface area contributed by atoms with E-state index in [2.05, 4.69) is 31.1 Å². The Kier molecular flexibility index (Phi) is 6.75. The van der Waals surface area contributed by atoms with Crippen molar-refractivity contribution in [3.8, 4) is 0 Å². The van der Waals surface area contributed by atoms with E-state index < -0.39 is 10.0 Å². The van der Waals surface area contributed by atoms with Crippen molar-refractivity contribution in [2.75, 3.05) is 7.05 Å². The van der Waals surface area contributed by atoms with E-state index in [9.17, 15) is 13.2 Å². The quantitative estimate of drug-likeness (QED) is 0.761. The van der Waals surface area contributed by atoms with Crippen LogP contribution in [0.25, 0.3) is 0 Å².